The molecule has 1 heterocycles. The monoisotopic (exact) mass is 342 g/mol. The standard InChI is InChI=1S/C20H23FN2O2/c1-25-19-10-9-17(23-11-3-2-4-12-23)14-18(19)22-20(24)13-15-5-7-16(21)8-6-15/h5-10,14H,2-4,11-13H2,1H3,(H,22,24). The van der Waals surface area contributed by atoms with Gasteiger partial charge in [0.25, 0.3) is 0 Å². The summed E-state index contributed by atoms with van der Waals surface area (Å²) >= 11 is 0. The van der Waals surface area contributed by atoms with Gasteiger partial charge >= 0.3 is 0 Å². The molecule has 25 heavy (non-hydrogen) atoms. The minimum absolute atomic E-state index is 0.152. The molecule has 2 aromatic rings. The van der Waals surface area contributed by atoms with E-state index < -0.39 is 0 Å². The van der Waals surface area contributed by atoms with Crippen molar-refractivity contribution in [2.45, 2.75) is 25.7 Å². The van der Waals surface area contributed by atoms with E-state index in [4.69, 9.17) is 4.74 Å². The van der Waals surface area contributed by atoms with Crippen molar-refractivity contribution in [3.8, 4) is 5.75 Å². The van der Waals surface area contributed by atoms with Gasteiger partial charge in [0.2, 0.25) is 5.91 Å². The Hall–Kier alpha value is -2.56. The normalized spacial score (nSPS) is 14.2. The number of carbonyl (C=O) groups excluding carboxylic acids is 1. The van der Waals surface area contributed by atoms with Crippen molar-refractivity contribution >= 4 is 17.3 Å². The van der Waals surface area contributed by atoms with Gasteiger partial charge in [-0.3, -0.25) is 4.79 Å². The van der Waals surface area contributed by atoms with Crippen molar-refractivity contribution in [1.29, 1.82) is 0 Å². The number of methoxy groups -OCH3 is 1. The zero-order valence-corrected chi connectivity index (χ0v) is 14.4. The van der Waals surface area contributed by atoms with Gasteiger partial charge in [0.1, 0.15) is 11.6 Å². The van der Waals surface area contributed by atoms with E-state index in [0.29, 0.717) is 11.4 Å². The molecule has 0 saturated carbocycles. The first-order valence-corrected chi connectivity index (χ1v) is 8.63. The van der Waals surface area contributed by atoms with Crippen LogP contribution in [0, 0.1) is 5.82 Å². The van der Waals surface area contributed by atoms with Crippen LogP contribution in [0.15, 0.2) is 42.5 Å². The first-order valence-electron chi connectivity index (χ1n) is 8.63. The SMILES string of the molecule is COc1ccc(N2CCCCC2)cc1NC(=O)Cc1ccc(F)cc1. The number of anilines is 2. The molecule has 2 aromatic carbocycles. The molecule has 0 atom stereocenters. The molecule has 0 aliphatic carbocycles. The average molecular weight is 342 g/mol. The summed E-state index contributed by atoms with van der Waals surface area (Å²) in [5.74, 6) is 0.175. The van der Waals surface area contributed by atoms with E-state index >= 15 is 0 Å². The van der Waals surface area contributed by atoms with Crippen LogP contribution in [-0.2, 0) is 11.2 Å². The van der Waals surface area contributed by atoms with Gasteiger partial charge in [-0.1, -0.05) is 12.1 Å². The molecule has 0 radical (unpaired) electrons. The molecule has 1 fully saturated rings. The average Bonchev–Trinajstić information content (AvgIpc) is 2.64. The van der Waals surface area contributed by atoms with E-state index in [2.05, 4.69) is 10.2 Å². The second-order valence-electron chi connectivity index (χ2n) is 6.28. The van der Waals surface area contributed by atoms with Crippen LogP contribution in [0.1, 0.15) is 24.8 Å². The van der Waals surface area contributed by atoms with Gasteiger partial charge in [-0.15, -0.1) is 0 Å². The fraction of sp³-hybridized carbons (Fsp3) is 0.350. The summed E-state index contributed by atoms with van der Waals surface area (Å²) in [6.07, 6.45) is 3.85. The molecule has 0 spiro atoms. The number of halogens is 1. The Morgan fingerprint density at radius 1 is 1.12 bits per heavy atom. The van der Waals surface area contributed by atoms with Gasteiger partial charge in [-0.05, 0) is 55.2 Å². The summed E-state index contributed by atoms with van der Waals surface area (Å²) in [4.78, 5) is 14.7. The Labute approximate surface area is 147 Å². The molecule has 0 unspecified atom stereocenters. The number of hydrogen-bond donors (Lipinski definition) is 1. The zero-order valence-electron chi connectivity index (χ0n) is 14.4. The molecule has 1 saturated heterocycles. The van der Waals surface area contributed by atoms with Gasteiger partial charge in [-0.2, -0.15) is 0 Å². The smallest absolute Gasteiger partial charge is 0.228 e. The molecule has 1 amide bonds. The lowest BCUT2D eigenvalue weighted by atomic mass is 10.1. The third-order valence-electron chi connectivity index (χ3n) is 4.46. The largest absolute Gasteiger partial charge is 0.495 e. The number of nitrogens with one attached hydrogen (secondary N) is 1. The van der Waals surface area contributed by atoms with E-state index in [1.54, 1.807) is 19.2 Å². The summed E-state index contributed by atoms with van der Waals surface area (Å²) < 4.78 is 18.3. The Morgan fingerprint density at radius 3 is 2.52 bits per heavy atom. The number of piperidine rings is 1. The highest BCUT2D eigenvalue weighted by atomic mass is 19.1. The molecule has 5 heteroatoms. The topological polar surface area (TPSA) is 41.6 Å². The minimum Gasteiger partial charge on any atom is -0.495 e. The molecule has 1 aliphatic rings. The van der Waals surface area contributed by atoms with E-state index in [1.165, 1.54) is 31.4 Å². The number of amides is 1. The second-order valence-corrected chi connectivity index (χ2v) is 6.28. The van der Waals surface area contributed by atoms with Crippen LogP contribution < -0.4 is 15.0 Å². The molecule has 0 aromatic heterocycles. The third kappa shape index (κ3) is 4.50. The summed E-state index contributed by atoms with van der Waals surface area (Å²) in [6, 6.07) is 11.8. The first-order chi connectivity index (χ1) is 12.2. The molecule has 4 nitrogen and oxygen atoms in total. The lowest BCUT2D eigenvalue weighted by molar-refractivity contribution is -0.115. The van der Waals surface area contributed by atoms with Gasteiger partial charge in [0.05, 0.1) is 19.2 Å². The van der Waals surface area contributed by atoms with Crippen LogP contribution in [0.4, 0.5) is 15.8 Å². The molecule has 0 bridgehead atoms. The molecular weight excluding hydrogens is 319 g/mol. The van der Waals surface area contributed by atoms with Crippen molar-refractivity contribution in [2.75, 3.05) is 30.4 Å². The maximum absolute atomic E-state index is 13.0. The maximum Gasteiger partial charge on any atom is 0.228 e. The number of ether oxygens (including phenoxy) is 1. The van der Waals surface area contributed by atoms with Crippen LogP contribution in [-0.4, -0.2) is 26.1 Å². The Morgan fingerprint density at radius 2 is 1.84 bits per heavy atom. The third-order valence-corrected chi connectivity index (χ3v) is 4.46. The van der Waals surface area contributed by atoms with Gasteiger partial charge < -0.3 is 15.0 Å². The predicted molar refractivity (Wildman–Crippen MR) is 97.8 cm³/mol. The number of rotatable bonds is 5. The molecule has 132 valence electrons. The summed E-state index contributed by atoms with van der Waals surface area (Å²) in [5, 5.41) is 2.92. The number of nitrogens with zero attached hydrogens (tertiary/aromatic N) is 1. The van der Waals surface area contributed by atoms with Crippen molar-refractivity contribution in [3.05, 3.63) is 53.8 Å². The van der Waals surface area contributed by atoms with E-state index in [1.807, 2.05) is 18.2 Å². The number of hydrogen-bond acceptors (Lipinski definition) is 3. The van der Waals surface area contributed by atoms with Crippen molar-refractivity contribution in [1.82, 2.24) is 0 Å². The number of carbonyl (C=O) groups is 1. The summed E-state index contributed by atoms with van der Waals surface area (Å²) in [6.45, 7) is 2.07. The molecule has 3 rings (SSSR count). The molecule has 1 aliphatic heterocycles. The van der Waals surface area contributed by atoms with Crippen LogP contribution in [0.2, 0.25) is 0 Å². The second kappa shape index (κ2) is 8.01. The lowest BCUT2D eigenvalue weighted by Crippen LogP contribution is -2.29. The highest BCUT2D eigenvalue weighted by Crippen LogP contribution is 2.31. The quantitative estimate of drug-likeness (QED) is 0.893. The van der Waals surface area contributed by atoms with Crippen LogP contribution in [0.3, 0.4) is 0 Å². The molecular formula is C20H23FN2O2. The van der Waals surface area contributed by atoms with E-state index in [0.717, 1.165) is 24.3 Å². The Balaban J connectivity index is 1.72. The minimum atomic E-state index is -0.305. The van der Waals surface area contributed by atoms with E-state index in [9.17, 15) is 9.18 Å². The lowest BCUT2D eigenvalue weighted by Gasteiger charge is -2.29. The fourth-order valence-electron chi connectivity index (χ4n) is 3.12. The van der Waals surface area contributed by atoms with Crippen molar-refractivity contribution in [2.24, 2.45) is 0 Å². The van der Waals surface area contributed by atoms with Gasteiger partial charge in [0.15, 0.2) is 0 Å². The zero-order chi connectivity index (χ0) is 17.6. The first kappa shape index (κ1) is 17.3. The summed E-state index contributed by atoms with van der Waals surface area (Å²) in [5.41, 5.74) is 2.53. The highest BCUT2D eigenvalue weighted by molar-refractivity contribution is 5.94. The number of benzene rings is 2. The maximum atomic E-state index is 13.0. The van der Waals surface area contributed by atoms with Crippen LogP contribution >= 0.6 is 0 Å². The Bertz CT molecular complexity index is 725. The van der Waals surface area contributed by atoms with Gasteiger partial charge in [-0.25, -0.2) is 4.39 Å². The fourth-order valence-corrected chi connectivity index (χ4v) is 3.12. The van der Waals surface area contributed by atoms with Crippen molar-refractivity contribution < 1.29 is 13.9 Å². The Kier molecular flexibility index (Phi) is 5.53. The van der Waals surface area contributed by atoms with Crippen LogP contribution in [0.5, 0.6) is 5.75 Å². The molecule has 1 N–H and O–H groups in total. The van der Waals surface area contributed by atoms with Crippen LogP contribution in [0.25, 0.3) is 0 Å². The van der Waals surface area contributed by atoms with E-state index in [-0.39, 0.29) is 18.1 Å². The predicted octanol–water partition coefficient (Wildman–Crippen LogP) is 4.01. The summed E-state index contributed by atoms with van der Waals surface area (Å²) in [7, 11) is 1.59. The van der Waals surface area contributed by atoms with Crippen molar-refractivity contribution in [3.63, 3.8) is 0 Å². The highest BCUT2D eigenvalue weighted by Gasteiger charge is 2.15. The van der Waals surface area contributed by atoms with Gasteiger partial charge in [0, 0.05) is 18.8 Å².